The van der Waals surface area contributed by atoms with E-state index in [1.54, 1.807) is 0 Å². The van der Waals surface area contributed by atoms with Gasteiger partial charge in [-0.2, -0.15) is 0 Å². The second-order valence-electron chi connectivity index (χ2n) is 17.4. The van der Waals surface area contributed by atoms with E-state index in [-0.39, 0.29) is 31.1 Å². The Morgan fingerprint density at radius 1 is 0.339 bits per heavy atom. The molecule has 0 aliphatic heterocycles. The number of unbranched alkanes of at least 4 members (excludes halogenated alkanes) is 32. The third kappa shape index (κ3) is 46.8. The van der Waals surface area contributed by atoms with Crippen molar-refractivity contribution in [1.82, 2.24) is 0 Å². The molecule has 6 nitrogen and oxygen atoms in total. The minimum Gasteiger partial charge on any atom is -0.462 e. The lowest BCUT2D eigenvalue weighted by Crippen LogP contribution is -2.30. The number of ether oxygens (including phenoxy) is 3. The van der Waals surface area contributed by atoms with Gasteiger partial charge >= 0.3 is 17.9 Å². The molecule has 0 unspecified atom stereocenters. The van der Waals surface area contributed by atoms with E-state index in [0.29, 0.717) is 19.3 Å². The third-order valence-electron chi connectivity index (χ3n) is 11.5. The standard InChI is InChI=1S/C53H98O6/c1-4-7-10-13-16-19-22-24-26-28-31-33-36-39-42-45-51(54)57-48-50(59-53(56)47-44-41-38-35-30-21-18-15-12-9-6-3)49-58-52(55)46-43-40-37-34-32-29-27-25-23-20-17-14-11-8-5-2/h16,19,24,26,50H,4-15,17-18,20-23,25,27-49H2,1-3H3/b19-16-,26-24-/t50-/m0/s1. The lowest BCUT2D eigenvalue weighted by atomic mass is 10.0. The number of esters is 3. The maximum Gasteiger partial charge on any atom is 0.306 e. The fraction of sp³-hybridized carbons (Fsp3) is 0.868. The van der Waals surface area contributed by atoms with E-state index in [4.69, 9.17) is 14.2 Å². The van der Waals surface area contributed by atoms with Crippen LogP contribution in [0.25, 0.3) is 0 Å². The van der Waals surface area contributed by atoms with E-state index >= 15 is 0 Å². The summed E-state index contributed by atoms with van der Waals surface area (Å²) in [5.74, 6) is -0.872. The molecule has 0 fully saturated rings. The van der Waals surface area contributed by atoms with Crippen molar-refractivity contribution >= 4 is 17.9 Å². The van der Waals surface area contributed by atoms with Crippen molar-refractivity contribution in [2.75, 3.05) is 13.2 Å². The highest BCUT2D eigenvalue weighted by atomic mass is 16.6. The van der Waals surface area contributed by atoms with Gasteiger partial charge in [0.15, 0.2) is 6.10 Å². The van der Waals surface area contributed by atoms with Crippen LogP contribution in [0.5, 0.6) is 0 Å². The van der Waals surface area contributed by atoms with Crippen LogP contribution >= 0.6 is 0 Å². The van der Waals surface area contributed by atoms with Crippen LogP contribution in [-0.2, 0) is 28.6 Å². The predicted octanol–water partition coefficient (Wildman–Crippen LogP) is 16.8. The normalized spacial score (nSPS) is 12.1. The van der Waals surface area contributed by atoms with Gasteiger partial charge in [0.2, 0.25) is 0 Å². The van der Waals surface area contributed by atoms with Crippen LogP contribution in [0, 0.1) is 0 Å². The first-order chi connectivity index (χ1) is 29.0. The first kappa shape index (κ1) is 56.9. The van der Waals surface area contributed by atoms with Gasteiger partial charge in [-0.25, -0.2) is 0 Å². The second kappa shape index (κ2) is 48.6. The van der Waals surface area contributed by atoms with Crippen molar-refractivity contribution < 1.29 is 28.6 Å². The molecule has 0 aromatic rings. The number of allylic oxidation sites excluding steroid dienone is 4. The van der Waals surface area contributed by atoms with Crippen LogP contribution in [0.15, 0.2) is 24.3 Å². The Bertz CT molecular complexity index is 958. The highest BCUT2D eigenvalue weighted by Crippen LogP contribution is 2.16. The molecule has 0 amide bonds. The molecule has 0 radical (unpaired) electrons. The highest BCUT2D eigenvalue weighted by Gasteiger charge is 2.19. The maximum absolute atomic E-state index is 12.8. The van der Waals surface area contributed by atoms with Gasteiger partial charge in [-0.3, -0.25) is 14.4 Å². The molecule has 0 saturated heterocycles. The summed E-state index contributed by atoms with van der Waals surface area (Å²) in [6, 6.07) is 0. The molecule has 346 valence electrons. The molecule has 1 atom stereocenters. The summed E-state index contributed by atoms with van der Waals surface area (Å²) >= 11 is 0. The Morgan fingerprint density at radius 3 is 0.966 bits per heavy atom. The van der Waals surface area contributed by atoms with Gasteiger partial charge in [0.1, 0.15) is 13.2 Å². The van der Waals surface area contributed by atoms with Gasteiger partial charge in [-0.15, -0.1) is 0 Å². The van der Waals surface area contributed by atoms with Crippen LogP contribution in [0.2, 0.25) is 0 Å². The van der Waals surface area contributed by atoms with Crippen molar-refractivity contribution in [3.05, 3.63) is 24.3 Å². The fourth-order valence-electron chi connectivity index (χ4n) is 7.53. The topological polar surface area (TPSA) is 78.9 Å². The number of hydrogen-bond acceptors (Lipinski definition) is 6. The molecule has 59 heavy (non-hydrogen) atoms. The molecule has 0 N–H and O–H groups in total. The summed E-state index contributed by atoms with van der Waals surface area (Å²) in [5.41, 5.74) is 0. The number of rotatable bonds is 47. The number of carbonyl (C=O) groups excluding carboxylic acids is 3. The minimum absolute atomic E-state index is 0.0709. The van der Waals surface area contributed by atoms with Gasteiger partial charge in [-0.05, 0) is 51.4 Å². The monoisotopic (exact) mass is 831 g/mol. The van der Waals surface area contributed by atoms with Crippen molar-refractivity contribution in [2.24, 2.45) is 0 Å². The van der Waals surface area contributed by atoms with E-state index < -0.39 is 6.10 Å². The van der Waals surface area contributed by atoms with Gasteiger partial charge in [0, 0.05) is 19.3 Å². The molecule has 0 aromatic heterocycles. The molecule has 0 rings (SSSR count). The summed E-state index contributed by atoms with van der Waals surface area (Å²) in [4.78, 5) is 37.9. The molecule has 0 aliphatic rings. The Labute approximate surface area is 366 Å². The molecule has 6 heteroatoms. The molecule has 0 aliphatic carbocycles. The zero-order valence-electron chi connectivity index (χ0n) is 39.5. The zero-order chi connectivity index (χ0) is 43.0. The summed E-state index contributed by atoms with van der Waals surface area (Å²) in [5, 5.41) is 0. The van der Waals surface area contributed by atoms with Crippen molar-refractivity contribution in [3.8, 4) is 0 Å². The third-order valence-corrected chi connectivity index (χ3v) is 11.5. The van der Waals surface area contributed by atoms with Crippen molar-refractivity contribution in [3.63, 3.8) is 0 Å². The van der Waals surface area contributed by atoms with Gasteiger partial charge in [0.25, 0.3) is 0 Å². The van der Waals surface area contributed by atoms with E-state index in [1.807, 2.05) is 0 Å². The largest absolute Gasteiger partial charge is 0.462 e. The van der Waals surface area contributed by atoms with Gasteiger partial charge in [0.05, 0.1) is 0 Å². The zero-order valence-corrected chi connectivity index (χ0v) is 39.5. The van der Waals surface area contributed by atoms with E-state index in [0.717, 1.165) is 77.0 Å². The first-order valence-electron chi connectivity index (χ1n) is 25.8. The van der Waals surface area contributed by atoms with Gasteiger partial charge in [-0.1, -0.05) is 231 Å². The summed E-state index contributed by atoms with van der Waals surface area (Å²) in [6.45, 7) is 6.62. The minimum atomic E-state index is -0.770. The van der Waals surface area contributed by atoms with Gasteiger partial charge < -0.3 is 14.2 Å². The molecular formula is C53H98O6. The van der Waals surface area contributed by atoms with E-state index in [1.165, 1.54) is 161 Å². The predicted molar refractivity (Wildman–Crippen MR) is 252 cm³/mol. The molecule has 0 saturated carbocycles. The van der Waals surface area contributed by atoms with Crippen molar-refractivity contribution in [1.29, 1.82) is 0 Å². The molecule has 0 aromatic carbocycles. The average molecular weight is 831 g/mol. The summed E-state index contributed by atoms with van der Waals surface area (Å²) in [6.07, 6.45) is 54.4. The number of carbonyl (C=O) groups is 3. The lowest BCUT2D eigenvalue weighted by Gasteiger charge is -2.18. The van der Waals surface area contributed by atoms with Crippen LogP contribution in [0.3, 0.4) is 0 Å². The molecule has 0 spiro atoms. The van der Waals surface area contributed by atoms with Crippen molar-refractivity contribution in [2.45, 2.75) is 284 Å². The average Bonchev–Trinajstić information content (AvgIpc) is 3.23. The quantitative estimate of drug-likeness (QED) is 0.0263. The summed E-state index contributed by atoms with van der Waals surface area (Å²) < 4.78 is 16.8. The maximum atomic E-state index is 12.8. The SMILES string of the molecule is CCCCC/C=C\C/C=C\CCCCCCCC(=O)OC[C@@H](COC(=O)CCCCCCCCCCCCCCCCC)OC(=O)CCCCCCCCCCCCC. The molecule has 0 heterocycles. The van der Waals surface area contributed by atoms with Crippen LogP contribution in [0.1, 0.15) is 278 Å². The van der Waals surface area contributed by atoms with E-state index in [9.17, 15) is 14.4 Å². The Kier molecular flexibility index (Phi) is 46.8. The Morgan fingerprint density at radius 2 is 0.610 bits per heavy atom. The first-order valence-corrected chi connectivity index (χ1v) is 25.8. The fourth-order valence-corrected chi connectivity index (χ4v) is 7.53. The summed E-state index contributed by atoms with van der Waals surface area (Å²) in [7, 11) is 0. The van der Waals surface area contributed by atoms with E-state index in [2.05, 4.69) is 45.1 Å². The lowest BCUT2D eigenvalue weighted by molar-refractivity contribution is -0.167. The smallest absolute Gasteiger partial charge is 0.306 e. The van der Waals surface area contributed by atoms with Crippen LogP contribution in [0.4, 0.5) is 0 Å². The highest BCUT2D eigenvalue weighted by molar-refractivity contribution is 5.71. The molecular weight excluding hydrogens is 733 g/mol. The van der Waals surface area contributed by atoms with Crippen LogP contribution in [-0.4, -0.2) is 37.2 Å². The number of hydrogen-bond donors (Lipinski definition) is 0. The molecule has 0 bridgehead atoms. The Hall–Kier alpha value is -2.11. The Balaban J connectivity index is 4.33. The second-order valence-corrected chi connectivity index (χ2v) is 17.4. The van der Waals surface area contributed by atoms with Crippen LogP contribution < -0.4 is 0 Å².